The Labute approximate surface area is 227 Å². The summed E-state index contributed by atoms with van der Waals surface area (Å²) >= 11 is 0. The second kappa shape index (κ2) is 12.0. The molecule has 8 heteroatoms. The fraction of sp³-hybridized carbons (Fsp3) is 0.516. The van der Waals surface area contributed by atoms with Gasteiger partial charge in [-0.25, -0.2) is 0 Å². The highest BCUT2D eigenvalue weighted by molar-refractivity contribution is 5.72. The van der Waals surface area contributed by atoms with E-state index in [1.807, 2.05) is 19.1 Å². The molecule has 5 rings (SSSR count). The van der Waals surface area contributed by atoms with Gasteiger partial charge >= 0.3 is 12.1 Å². The Morgan fingerprint density at radius 1 is 1.05 bits per heavy atom. The van der Waals surface area contributed by atoms with Gasteiger partial charge in [-0.05, 0) is 92.6 Å². The van der Waals surface area contributed by atoms with Gasteiger partial charge in [0.1, 0.15) is 24.7 Å². The van der Waals surface area contributed by atoms with Crippen molar-refractivity contribution in [3.05, 3.63) is 64.2 Å². The van der Waals surface area contributed by atoms with Crippen LogP contribution in [0, 0.1) is 5.92 Å². The first-order chi connectivity index (χ1) is 18.8. The number of hydrogen-bond acceptors (Lipinski definition) is 5. The molecule has 2 fully saturated rings. The van der Waals surface area contributed by atoms with Gasteiger partial charge in [0.2, 0.25) is 0 Å². The minimum absolute atomic E-state index is 0.0104. The molecule has 2 aromatic carbocycles. The maximum Gasteiger partial charge on any atom is 0.416 e. The summed E-state index contributed by atoms with van der Waals surface area (Å²) in [4.78, 5) is 14.3. The van der Waals surface area contributed by atoms with Gasteiger partial charge < -0.3 is 14.2 Å². The monoisotopic (exact) mass is 543 g/mol. The van der Waals surface area contributed by atoms with Crippen LogP contribution in [0.25, 0.3) is 6.08 Å². The SMILES string of the molecule is CCOC(=O)C1CCN(CC2=Cc3ccc(OCc4ccc(C5CCCC5)c(C(F)(F)F)c4)cc3OC2)CC1. The van der Waals surface area contributed by atoms with E-state index in [-0.39, 0.29) is 24.4 Å². The number of halogens is 3. The molecule has 0 spiro atoms. The van der Waals surface area contributed by atoms with E-state index in [9.17, 15) is 18.0 Å². The van der Waals surface area contributed by atoms with Crippen LogP contribution in [0.5, 0.6) is 11.5 Å². The van der Waals surface area contributed by atoms with Crippen LogP contribution in [0.4, 0.5) is 13.2 Å². The second-order valence-electron chi connectivity index (χ2n) is 10.8. The summed E-state index contributed by atoms with van der Waals surface area (Å²) in [7, 11) is 0. The summed E-state index contributed by atoms with van der Waals surface area (Å²) in [6.07, 6.45) is 2.96. The van der Waals surface area contributed by atoms with E-state index in [4.69, 9.17) is 14.2 Å². The molecule has 5 nitrogen and oxygen atoms in total. The number of piperidine rings is 1. The number of hydrogen-bond donors (Lipinski definition) is 0. The summed E-state index contributed by atoms with van der Waals surface area (Å²) in [6.45, 7) is 5.24. The second-order valence-corrected chi connectivity index (χ2v) is 10.8. The zero-order valence-corrected chi connectivity index (χ0v) is 22.4. The maximum absolute atomic E-state index is 13.8. The molecule has 0 atom stereocenters. The van der Waals surface area contributed by atoms with Crippen LogP contribution >= 0.6 is 0 Å². The third-order valence-electron chi connectivity index (χ3n) is 8.02. The Bertz CT molecular complexity index is 1190. The van der Waals surface area contributed by atoms with Crippen LogP contribution in [0.2, 0.25) is 0 Å². The molecule has 2 aromatic rings. The first-order valence-electron chi connectivity index (χ1n) is 14.0. The summed E-state index contributed by atoms with van der Waals surface area (Å²) < 4.78 is 58.4. The van der Waals surface area contributed by atoms with E-state index in [0.717, 1.165) is 69.3 Å². The molecule has 0 N–H and O–H groups in total. The van der Waals surface area contributed by atoms with Crippen molar-refractivity contribution in [3.8, 4) is 11.5 Å². The van der Waals surface area contributed by atoms with E-state index < -0.39 is 11.7 Å². The minimum Gasteiger partial charge on any atom is -0.489 e. The van der Waals surface area contributed by atoms with E-state index in [0.29, 0.717) is 35.8 Å². The van der Waals surface area contributed by atoms with Gasteiger partial charge in [-0.15, -0.1) is 0 Å². The average molecular weight is 544 g/mol. The lowest BCUT2D eigenvalue weighted by molar-refractivity contribution is -0.149. The Morgan fingerprint density at radius 2 is 1.82 bits per heavy atom. The first kappa shape index (κ1) is 27.6. The molecule has 0 radical (unpaired) electrons. The lowest BCUT2D eigenvalue weighted by Gasteiger charge is -2.32. The van der Waals surface area contributed by atoms with Gasteiger partial charge in [0.05, 0.1) is 18.1 Å². The van der Waals surface area contributed by atoms with Gasteiger partial charge in [0.15, 0.2) is 0 Å². The molecule has 1 saturated carbocycles. The van der Waals surface area contributed by atoms with Crippen LogP contribution in [0.1, 0.15) is 73.6 Å². The lowest BCUT2D eigenvalue weighted by atomic mass is 9.91. The minimum atomic E-state index is -4.38. The molecule has 0 amide bonds. The molecule has 0 bridgehead atoms. The van der Waals surface area contributed by atoms with Crippen molar-refractivity contribution in [2.45, 2.75) is 64.1 Å². The first-order valence-corrected chi connectivity index (χ1v) is 14.0. The van der Waals surface area contributed by atoms with Gasteiger partial charge in [-0.2, -0.15) is 13.2 Å². The fourth-order valence-corrected chi connectivity index (χ4v) is 5.94. The maximum atomic E-state index is 13.8. The van der Waals surface area contributed by atoms with Crippen molar-refractivity contribution in [3.63, 3.8) is 0 Å². The summed E-state index contributed by atoms with van der Waals surface area (Å²) in [5, 5.41) is 0. The molecule has 0 aromatic heterocycles. The quantitative estimate of drug-likeness (QED) is 0.336. The average Bonchev–Trinajstić information content (AvgIpc) is 3.47. The van der Waals surface area contributed by atoms with Gasteiger partial charge in [-0.3, -0.25) is 9.69 Å². The van der Waals surface area contributed by atoms with E-state index in [1.54, 1.807) is 18.2 Å². The standard InChI is InChI=1S/C31H36F3NO4/c1-2-37-30(36)24-11-13-35(14-12-24)18-22-15-25-8-9-26(17-29(25)39-20-22)38-19-21-7-10-27(23-5-3-4-6-23)28(16-21)31(32,33)34/h7-10,15-17,23-24H,2-6,11-14,18-20H2,1H3. The van der Waals surface area contributed by atoms with E-state index in [1.165, 1.54) is 6.07 Å². The van der Waals surface area contributed by atoms with Crippen LogP contribution in [0.15, 0.2) is 42.0 Å². The Morgan fingerprint density at radius 3 is 2.54 bits per heavy atom. The molecule has 210 valence electrons. The van der Waals surface area contributed by atoms with Crippen molar-refractivity contribution in [2.24, 2.45) is 5.92 Å². The smallest absolute Gasteiger partial charge is 0.416 e. The van der Waals surface area contributed by atoms with E-state index in [2.05, 4.69) is 11.0 Å². The third kappa shape index (κ3) is 6.78. The zero-order valence-electron chi connectivity index (χ0n) is 22.4. The third-order valence-corrected chi connectivity index (χ3v) is 8.02. The highest BCUT2D eigenvalue weighted by Gasteiger charge is 2.36. The number of fused-ring (bicyclic) bond motifs is 1. The molecule has 2 aliphatic heterocycles. The van der Waals surface area contributed by atoms with Crippen LogP contribution < -0.4 is 9.47 Å². The molecule has 3 aliphatic rings. The fourth-order valence-electron chi connectivity index (χ4n) is 5.94. The largest absolute Gasteiger partial charge is 0.489 e. The molecular formula is C31H36F3NO4. The number of esters is 1. The number of alkyl halides is 3. The number of carbonyl (C=O) groups is 1. The Balaban J connectivity index is 1.18. The van der Waals surface area contributed by atoms with Crippen molar-refractivity contribution in [1.29, 1.82) is 0 Å². The molecule has 2 heterocycles. The number of ether oxygens (including phenoxy) is 3. The predicted molar refractivity (Wildman–Crippen MR) is 143 cm³/mol. The number of nitrogens with zero attached hydrogens (tertiary/aromatic N) is 1. The van der Waals surface area contributed by atoms with Gasteiger partial charge in [0.25, 0.3) is 0 Å². The van der Waals surface area contributed by atoms with Crippen molar-refractivity contribution < 1.29 is 32.2 Å². The molecular weight excluding hydrogens is 507 g/mol. The van der Waals surface area contributed by atoms with E-state index >= 15 is 0 Å². The van der Waals surface area contributed by atoms with Gasteiger partial charge in [-0.1, -0.05) is 25.0 Å². The zero-order chi connectivity index (χ0) is 27.4. The summed E-state index contributed by atoms with van der Waals surface area (Å²) in [5.74, 6) is 1.14. The lowest BCUT2D eigenvalue weighted by Crippen LogP contribution is -2.38. The molecule has 39 heavy (non-hydrogen) atoms. The highest BCUT2D eigenvalue weighted by Crippen LogP contribution is 2.42. The van der Waals surface area contributed by atoms with Gasteiger partial charge in [0, 0.05) is 18.2 Å². The van der Waals surface area contributed by atoms with Crippen molar-refractivity contribution in [2.75, 3.05) is 32.8 Å². The van der Waals surface area contributed by atoms with Crippen LogP contribution in [0.3, 0.4) is 0 Å². The predicted octanol–water partition coefficient (Wildman–Crippen LogP) is 6.99. The van der Waals surface area contributed by atoms with Crippen LogP contribution in [-0.4, -0.2) is 43.7 Å². The topological polar surface area (TPSA) is 48.0 Å². The molecule has 1 aliphatic carbocycles. The molecule has 0 unspecified atom stereocenters. The summed E-state index contributed by atoms with van der Waals surface area (Å²) in [5.41, 5.74) is 2.48. The number of benzene rings is 2. The Kier molecular flexibility index (Phi) is 8.50. The molecule has 1 saturated heterocycles. The number of likely N-dealkylation sites (tertiary alicyclic amines) is 1. The number of rotatable bonds is 8. The van der Waals surface area contributed by atoms with Crippen LogP contribution in [-0.2, 0) is 22.3 Å². The van der Waals surface area contributed by atoms with Crippen molar-refractivity contribution in [1.82, 2.24) is 4.90 Å². The normalized spacial score (nSPS) is 18.8. The van der Waals surface area contributed by atoms with Crippen molar-refractivity contribution >= 4 is 12.0 Å². The summed E-state index contributed by atoms with van der Waals surface area (Å²) in [6, 6.07) is 10.2. The highest BCUT2D eigenvalue weighted by atomic mass is 19.4. The Hall–Kier alpha value is -3.00. The number of carbonyl (C=O) groups excluding carboxylic acids is 1.